The van der Waals surface area contributed by atoms with Crippen LogP contribution in [0.4, 0.5) is 4.79 Å². The van der Waals surface area contributed by atoms with Gasteiger partial charge in [0.1, 0.15) is 5.75 Å². The van der Waals surface area contributed by atoms with E-state index in [4.69, 9.17) is 9.47 Å². The number of carbonyl (C=O) groups excluding carboxylic acids is 3. The second kappa shape index (κ2) is 9.79. The number of urea groups is 1. The second-order valence-electron chi connectivity index (χ2n) is 6.58. The number of nitrogens with one attached hydrogen (secondary N) is 2. The number of methoxy groups -OCH3 is 1. The molecule has 0 aromatic heterocycles. The molecule has 0 aliphatic heterocycles. The first kappa shape index (κ1) is 19.8. The highest BCUT2D eigenvalue weighted by atomic mass is 16.5. The first-order valence-corrected chi connectivity index (χ1v) is 8.87. The van der Waals surface area contributed by atoms with Crippen LogP contribution in [-0.2, 0) is 20.7 Å². The minimum absolute atomic E-state index is 0.0447. The SMILES string of the molecule is COc1ccc(CC(=O)OCC(=O)NC(=O)N[C@@H]2CCCC[C@H]2C)cc1. The maximum absolute atomic E-state index is 11.9. The molecule has 1 saturated carbocycles. The molecule has 0 unspecified atom stereocenters. The zero-order valence-electron chi connectivity index (χ0n) is 15.2. The lowest BCUT2D eigenvalue weighted by Crippen LogP contribution is -2.48. The second-order valence-corrected chi connectivity index (χ2v) is 6.58. The molecule has 1 aliphatic rings. The van der Waals surface area contributed by atoms with Gasteiger partial charge in [-0.05, 0) is 36.5 Å². The van der Waals surface area contributed by atoms with Crippen molar-refractivity contribution in [3.8, 4) is 5.75 Å². The first-order chi connectivity index (χ1) is 12.5. The molecule has 1 fully saturated rings. The van der Waals surface area contributed by atoms with Crippen molar-refractivity contribution >= 4 is 17.9 Å². The average molecular weight is 362 g/mol. The Morgan fingerprint density at radius 2 is 1.81 bits per heavy atom. The third-order valence-electron chi connectivity index (χ3n) is 4.55. The van der Waals surface area contributed by atoms with Crippen molar-refractivity contribution < 1.29 is 23.9 Å². The number of hydrogen-bond acceptors (Lipinski definition) is 5. The van der Waals surface area contributed by atoms with Crippen molar-refractivity contribution in [3.05, 3.63) is 29.8 Å². The van der Waals surface area contributed by atoms with Gasteiger partial charge in [0.25, 0.3) is 5.91 Å². The standard InChI is InChI=1S/C19H26N2O5/c1-13-5-3-4-6-16(13)20-19(24)21-17(22)12-26-18(23)11-14-7-9-15(25-2)10-8-14/h7-10,13,16H,3-6,11-12H2,1-2H3,(H2,20,21,22,24)/t13-,16-/m1/s1. The molecule has 0 radical (unpaired) electrons. The lowest BCUT2D eigenvalue weighted by molar-refractivity contribution is -0.147. The molecule has 0 bridgehead atoms. The average Bonchev–Trinajstić information content (AvgIpc) is 2.62. The van der Waals surface area contributed by atoms with Gasteiger partial charge in [0.05, 0.1) is 13.5 Å². The van der Waals surface area contributed by atoms with Gasteiger partial charge in [0.2, 0.25) is 0 Å². The number of benzene rings is 1. The Morgan fingerprint density at radius 3 is 2.46 bits per heavy atom. The molecule has 7 nitrogen and oxygen atoms in total. The van der Waals surface area contributed by atoms with Crippen molar-refractivity contribution in [3.63, 3.8) is 0 Å². The lowest BCUT2D eigenvalue weighted by atomic mass is 9.86. The molecule has 0 heterocycles. The molecule has 0 spiro atoms. The van der Waals surface area contributed by atoms with E-state index in [0.29, 0.717) is 11.7 Å². The van der Waals surface area contributed by atoms with Gasteiger partial charge in [0.15, 0.2) is 6.61 Å². The van der Waals surface area contributed by atoms with Crippen LogP contribution < -0.4 is 15.4 Å². The maximum Gasteiger partial charge on any atom is 0.321 e. The molecule has 1 aromatic rings. The number of esters is 1. The normalized spacial score (nSPS) is 19.3. The summed E-state index contributed by atoms with van der Waals surface area (Å²) in [5.41, 5.74) is 0.750. The van der Waals surface area contributed by atoms with Crippen LogP contribution in [0.1, 0.15) is 38.2 Å². The third kappa shape index (κ3) is 6.38. The maximum atomic E-state index is 11.9. The van der Waals surface area contributed by atoms with Gasteiger partial charge < -0.3 is 14.8 Å². The van der Waals surface area contributed by atoms with E-state index in [0.717, 1.165) is 24.8 Å². The summed E-state index contributed by atoms with van der Waals surface area (Å²) in [6, 6.07) is 6.52. The molecule has 1 aliphatic carbocycles. The van der Waals surface area contributed by atoms with Crippen LogP contribution in [-0.4, -0.2) is 37.7 Å². The molecule has 2 N–H and O–H groups in total. The Hall–Kier alpha value is -2.57. The van der Waals surface area contributed by atoms with Crippen LogP contribution >= 0.6 is 0 Å². The molecule has 0 saturated heterocycles. The Bertz CT molecular complexity index is 629. The van der Waals surface area contributed by atoms with Crippen LogP contribution in [0.3, 0.4) is 0 Å². The van der Waals surface area contributed by atoms with Gasteiger partial charge in [-0.1, -0.05) is 31.9 Å². The summed E-state index contributed by atoms with van der Waals surface area (Å²) in [5, 5.41) is 5.01. The summed E-state index contributed by atoms with van der Waals surface area (Å²) in [6.07, 6.45) is 4.28. The monoisotopic (exact) mass is 362 g/mol. The van der Waals surface area contributed by atoms with E-state index in [9.17, 15) is 14.4 Å². The van der Waals surface area contributed by atoms with Gasteiger partial charge in [-0.2, -0.15) is 0 Å². The molecule has 2 atom stereocenters. The van der Waals surface area contributed by atoms with E-state index in [1.54, 1.807) is 31.4 Å². The number of carbonyl (C=O) groups is 3. The van der Waals surface area contributed by atoms with Crippen molar-refractivity contribution in [2.45, 2.75) is 45.1 Å². The largest absolute Gasteiger partial charge is 0.497 e. The summed E-state index contributed by atoms with van der Waals surface area (Å²) in [4.78, 5) is 35.4. The van der Waals surface area contributed by atoms with Gasteiger partial charge >= 0.3 is 12.0 Å². The number of amides is 3. The first-order valence-electron chi connectivity index (χ1n) is 8.87. The molecule has 7 heteroatoms. The molecular weight excluding hydrogens is 336 g/mol. The van der Waals surface area contributed by atoms with E-state index in [1.807, 2.05) is 0 Å². The zero-order chi connectivity index (χ0) is 18.9. The van der Waals surface area contributed by atoms with Gasteiger partial charge in [-0.3, -0.25) is 14.9 Å². The fourth-order valence-electron chi connectivity index (χ4n) is 3.01. The fourth-order valence-corrected chi connectivity index (χ4v) is 3.01. The van der Waals surface area contributed by atoms with Crippen molar-refractivity contribution in [1.82, 2.24) is 10.6 Å². The smallest absolute Gasteiger partial charge is 0.321 e. The summed E-state index contributed by atoms with van der Waals surface area (Å²) in [5.74, 6) is -0.0904. The lowest BCUT2D eigenvalue weighted by Gasteiger charge is -2.29. The van der Waals surface area contributed by atoms with Crippen molar-refractivity contribution in [2.75, 3.05) is 13.7 Å². The van der Waals surface area contributed by atoms with Crippen LogP contribution in [0.2, 0.25) is 0 Å². The van der Waals surface area contributed by atoms with Crippen molar-refractivity contribution in [1.29, 1.82) is 0 Å². The Kier molecular flexibility index (Phi) is 7.44. The number of ether oxygens (including phenoxy) is 2. The Morgan fingerprint density at radius 1 is 1.12 bits per heavy atom. The van der Waals surface area contributed by atoms with Crippen LogP contribution in [0, 0.1) is 5.92 Å². The molecule has 1 aromatic carbocycles. The minimum atomic E-state index is -0.644. The van der Waals surface area contributed by atoms with E-state index < -0.39 is 24.5 Å². The Balaban J connectivity index is 1.68. The molecule has 26 heavy (non-hydrogen) atoms. The van der Waals surface area contributed by atoms with Crippen LogP contribution in [0.15, 0.2) is 24.3 Å². The fraction of sp³-hybridized carbons (Fsp3) is 0.526. The third-order valence-corrected chi connectivity index (χ3v) is 4.55. The minimum Gasteiger partial charge on any atom is -0.497 e. The van der Waals surface area contributed by atoms with E-state index in [-0.39, 0.29) is 12.5 Å². The molecule has 142 valence electrons. The van der Waals surface area contributed by atoms with Crippen LogP contribution in [0.25, 0.3) is 0 Å². The Labute approximate surface area is 153 Å². The summed E-state index contributed by atoms with van der Waals surface area (Å²) >= 11 is 0. The predicted octanol–water partition coefficient (Wildman–Crippen LogP) is 2.19. The van der Waals surface area contributed by atoms with Gasteiger partial charge in [-0.25, -0.2) is 4.79 Å². The van der Waals surface area contributed by atoms with Gasteiger partial charge in [-0.15, -0.1) is 0 Å². The highest BCUT2D eigenvalue weighted by Crippen LogP contribution is 2.23. The predicted molar refractivity (Wildman–Crippen MR) is 95.8 cm³/mol. The number of imide groups is 1. The summed E-state index contributed by atoms with van der Waals surface area (Å²) < 4.78 is 9.96. The topological polar surface area (TPSA) is 93.7 Å². The number of hydrogen-bond donors (Lipinski definition) is 2. The quantitative estimate of drug-likeness (QED) is 0.757. The molecule has 2 rings (SSSR count). The molecular formula is C19H26N2O5. The van der Waals surface area contributed by atoms with E-state index in [2.05, 4.69) is 17.6 Å². The van der Waals surface area contributed by atoms with E-state index >= 15 is 0 Å². The summed E-state index contributed by atoms with van der Waals surface area (Å²) in [6.45, 7) is 1.61. The zero-order valence-corrected chi connectivity index (χ0v) is 15.2. The highest BCUT2D eigenvalue weighted by molar-refractivity contribution is 5.95. The summed E-state index contributed by atoms with van der Waals surface area (Å²) in [7, 11) is 1.56. The van der Waals surface area contributed by atoms with Crippen molar-refractivity contribution in [2.24, 2.45) is 5.92 Å². The molecule has 3 amide bonds. The van der Waals surface area contributed by atoms with E-state index in [1.165, 1.54) is 6.42 Å². The number of rotatable bonds is 6. The highest BCUT2D eigenvalue weighted by Gasteiger charge is 2.23. The van der Waals surface area contributed by atoms with Crippen LogP contribution in [0.5, 0.6) is 5.75 Å². The van der Waals surface area contributed by atoms with Gasteiger partial charge in [0, 0.05) is 6.04 Å².